The van der Waals surface area contributed by atoms with E-state index in [1.54, 1.807) is 0 Å². The van der Waals surface area contributed by atoms with Crippen molar-refractivity contribution in [3.63, 3.8) is 0 Å². The summed E-state index contributed by atoms with van der Waals surface area (Å²) in [7, 11) is 0. The van der Waals surface area contributed by atoms with Crippen LogP contribution < -0.4 is 21.4 Å². The van der Waals surface area contributed by atoms with Gasteiger partial charge in [0.15, 0.2) is 0 Å². The third-order valence-corrected chi connectivity index (χ3v) is 17.5. The third kappa shape index (κ3) is 11.2. The van der Waals surface area contributed by atoms with Crippen molar-refractivity contribution in [2.24, 2.45) is 0 Å². The summed E-state index contributed by atoms with van der Waals surface area (Å²) in [5.74, 6) is 3.93. The summed E-state index contributed by atoms with van der Waals surface area (Å²) < 4.78 is 0. The number of aromatic nitrogens is 4. The van der Waals surface area contributed by atoms with Gasteiger partial charge < -0.3 is 39.5 Å². The highest BCUT2D eigenvalue weighted by molar-refractivity contribution is 8.03. The Morgan fingerprint density at radius 2 is 0.574 bits per heavy atom. The summed E-state index contributed by atoms with van der Waals surface area (Å²) in [6.07, 6.45) is 20.0. The molecule has 0 radical (unpaired) electrons. The maximum atomic E-state index is 4.12. The second kappa shape index (κ2) is 24.3. The van der Waals surface area contributed by atoms with E-state index >= 15 is 0 Å². The average Bonchev–Trinajstić information content (AvgIpc) is 4.20. The second-order valence-corrected chi connectivity index (χ2v) is 22.4. The van der Waals surface area contributed by atoms with Crippen molar-refractivity contribution in [1.82, 2.24) is 39.5 Å². The van der Waals surface area contributed by atoms with Gasteiger partial charge in [0.1, 0.15) is 0 Å². The molecule has 0 atom stereocenters. The summed E-state index contributed by atoms with van der Waals surface area (Å²) in [4.78, 5) is 27.0. The summed E-state index contributed by atoms with van der Waals surface area (Å²) in [5.41, 5.74) is 14.8. The SMILES string of the molecule is CCCCCCN1CSC=C1C1=c2ccc([nH]2)=C(C2=CSCN2CCCCCC)c2ccc([nH]2)C(C2=CSCN2CCCCCC)=c2ccc([nH]2)=C(C2=CSCN2CCCCCC)c2ccc1[nH]2. The van der Waals surface area contributed by atoms with E-state index in [0.29, 0.717) is 0 Å². The van der Waals surface area contributed by atoms with E-state index in [0.717, 1.165) is 93.9 Å². The number of nitrogens with one attached hydrogen (secondary N) is 4. The lowest BCUT2D eigenvalue weighted by Crippen LogP contribution is -2.28. The standard InChI is InChI=1S/C56H76N8S4/c1-5-9-13-17-29-61-37-65-33-49(61)53-41-21-23-43(57-41)54(50-34-66-38-62(50)30-18-14-10-6-2)45-25-27-47(59-45)56(52-36-68-40-64(52)32-20-16-12-8-4)48-28-26-46(60-48)55(44-24-22-42(53)58-44)51-35-67-39-63(51)31-19-15-11-7-3/h21-28,33-36,57-60H,5-20,29-32,37-40H2,1-4H3. The van der Waals surface area contributed by atoms with E-state index < -0.39 is 0 Å². The Kier molecular flexibility index (Phi) is 17.6. The molecule has 8 bridgehead atoms. The largest absolute Gasteiger partial charge is 0.361 e. The number of nitrogens with zero attached hydrogens (tertiary/aromatic N) is 4. The first-order valence-corrected chi connectivity index (χ1v) is 30.3. The molecule has 0 aromatic carbocycles. The van der Waals surface area contributed by atoms with Gasteiger partial charge in [0.25, 0.3) is 0 Å². The van der Waals surface area contributed by atoms with Crippen molar-refractivity contribution in [2.75, 3.05) is 49.7 Å². The number of rotatable bonds is 24. The highest BCUT2D eigenvalue weighted by Crippen LogP contribution is 2.38. The van der Waals surface area contributed by atoms with Crippen LogP contribution in [0.4, 0.5) is 0 Å². The number of hydrogen-bond acceptors (Lipinski definition) is 8. The monoisotopic (exact) mass is 989 g/mol. The van der Waals surface area contributed by atoms with Crippen LogP contribution in [0, 0.1) is 0 Å². The van der Waals surface area contributed by atoms with E-state index in [1.807, 2.05) is 47.0 Å². The molecule has 0 unspecified atom stereocenters. The van der Waals surface area contributed by atoms with Gasteiger partial charge in [-0.15, -0.1) is 47.0 Å². The number of unbranched alkanes of at least 4 members (excludes halogenated alkanes) is 12. The molecule has 9 heterocycles. The summed E-state index contributed by atoms with van der Waals surface area (Å²) in [5, 5.41) is 14.3. The minimum Gasteiger partial charge on any atom is -0.361 e. The highest BCUT2D eigenvalue weighted by atomic mass is 32.2. The molecule has 0 saturated heterocycles. The molecule has 4 N–H and O–H groups in total. The number of allylic oxidation sites excluding steroid dienone is 4. The van der Waals surface area contributed by atoms with Gasteiger partial charge in [-0.3, -0.25) is 0 Å². The first kappa shape index (κ1) is 49.2. The Hall–Kier alpha value is -3.84. The fraction of sp³-hybridized carbons (Fsp3) is 0.500. The predicted octanol–water partition coefficient (Wildman–Crippen LogP) is 11.8. The Balaban J connectivity index is 1.26. The van der Waals surface area contributed by atoms with Gasteiger partial charge in [-0.05, 0) is 95.8 Å². The topological polar surface area (TPSA) is 76.1 Å². The fourth-order valence-electron chi connectivity index (χ4n) is 10.4. The smallest absolute Gasteiger partial charge is 0.0681 e. The number of hydrogen-bond donors (Lipinski definition) is 4. The number of fused-ring (bicyclic) bond motifs is 8. The van der Waals surface area contributed by atoms with Crippen LogP contribution in [0.5, 0.6) is 0 Å². The summed E-state index contributed by atoms with van der Waals surface area (Å²) in [6.45, 7) is 13.5. The molecular formula is C56H76N8S4. The zero-order valence-corrected chi connectivity index (χ0v) is 44.6. The number of H-pyrrole nitrogens is 4. The zero-order chi connectivity index (χ0) is 46.7. The quantitative estimate of drug-likeness (QED) is 0.0518. The molecular weight excluding hydrogens is 913 g/mol. The Bertz CT molecular complexity index is 2350. The lowest BCUT2D eigenvalue weighted by molar-refractivity contribution is 0.405. The fourth-order valence-corrected chi connectivity index (χ4v) is 14.1. The summed E-state index contributed by atoms with van der Waals surface area (Å²) >= 11 is 7.71. The molecule has 0 amide bonds. The molecule has 5 aliphatic rings. The van der Waals surface area contributed by atoms with Crippen LogP contribution in [0.25, 0.3) is 22.3 Å². The molecule has 68 heavy (non-hydrogen) atoms. The van der Waals surface area contributed by atoms with Crippen LogP contribution in [-0.4, -0.2) is 89.2 Å². The van der Waals surface area contributed by atoms with Crippen LogP contribution in [0.15, 0.2) is 93.0 Å². The van der Waals surface area contributed by atoms with Crippen LogP contribution in [-0.2, 0) is 0 Å². The van der Waals surface area contributed by atoms with Crippen LogP contribution >= 0.6 is 47.0 Å². The summed E-state index contributed by atoms with van der Waals surface area (Å²) in [6, 6.07) is 18.8. The first-order valence-electron chi connectivity index (χ1n) is 26.1. The van der Waals surface area contributed by atoms with Crippen molar-refractivity contribution < 1.29 is 0 Å². The number of aromatic amines is 4. The molecule has 0 fully saturated rings. The average molecular weight is 990 g/mol. The first-order chi connectivity index (χ1) is 33.6. The molecule has 5 aliphatic heterocycles. The molecule has 0 aliphatic carbocycles. The van der Waals surface area contributed by atoms with Crippen molar-refractivity contribution in [1.29, 1.82) is 0 Å². The molecule has 8 nitrogen and oxygen atoms in total. The molecule has 0 saturated carbocycles. The van der Waals surface area contributed by atoms with Gasteiger partial charge in [-0.25, -0.2) is 0 Å². The Labute approximate surface area is 423 Å². The predicted molar refractivity (Wildman–Crippen MR) is 297 cm³/mol. The second-order valence-electron chi connectivity index (χ2n) is 19.1. The molecule has 4 aromatic heterocycles. The van der Waals surface area contributed by atoms with E-state index in [1.165, 1.54) is 148 Å². The lowest BCUT2D eigenvalue weighted by atomic mass is 10.1. The van der Waals surface area contributed by atoms with Crippen LogP contribution in [0.1, 0.15) is 153 Å². The highest BCUT2D eigenvalue weighted by Gasteiger charge is 2.29. The van der Waals surface area contributed by atoms with E-state index in [2.05, 4.69) is 137 Å². The van der Waals surface area contributed by atoms with Crippen molar-refractivity contribution in [2.45, 2.75) is 130 Å². The Morgan fingerprint density at radius 1 is 0.324 bits per heavy atom. The molecule has 4 aromatic rings. The molecule has 12 heteroatoms. The van der Waals surface area contributed by atoms with Crippen molar-refractivity contribution in [3.05, 3.63) is 137 Å². The van der Waals surface area contributed by atoms with Crippen LogP contribution in [0.2, 0.25) is 0 Å². The van der Waals surface area contributed by atoms with Gasteiger partial charge in [0.05, 0.1) is 90.5 Å². The number of thioether (sulfide) groups is 4. The maximum absolute atomic E-state index is 4.12. The zero-order valence-electron chi connectivity index (χ0n) is 41.3. The normalized spacial score (nSPS) is 17.4. The lowest BCUT2D eigenvalue weighted by Gasteiger charge is -2.24. The molecule has 9 rings (SSSR count). The van der Waals surface area contributed by atoms with Crippen LogP contribution in [0.3, 0.4) is 0 Å². The van der Waals surface area contributed by atoms with E-state index in [4.69, 9.17) is 0 Å². The van der Waals surface area contributed by atoms with E-state index in [9.17, 15) is 0 Å². The van der Waals surface area contributed by atoms with Crippen molar-refractivity contribution >= 4 is 69.3 Å². The van der Waals surface area contributed by atoms with Crippen molar-refractivity contribution in [3.8, 4) is 0 Å². The van der Waals surface area contributed by atoms with Gasteiger partial charge in [-0.2, -0.15) is 0 Å². The minimum absolute atomic E-state index is 0.982. The molecule has 0 spiro atoms. The van der Waals surface area contributed by atoms with E-state index in [-0.39, 0.29) is 0 Å². The van der Waals surface area contributed by atoms with Gasteiger partial charge in [-0.1, -0.05) is 105 Å². The maximum Gasteiger partial charge on any atom is 0.0681 e. The van der Waals surface area contributed by atoms with Gasteiger partial charge in [0, 0.05) is 48.5 Å². The molecule has 364 valence electrons. The third-order valence-electron chi connectivity index (χ3n) is 14.1. The van der Waals surface area contributed by atoms with Gasteiger partial charge in [0.2, 0.25) is 0 Å². The minimum atomic E-state index is 0.982. The Morgan fingerprint density at radius 3 is 0.809 bits per heavy atom. The van der Waals surface area contributed by atoms with Gasteiger partial charge >= 0.3 is 0 Å².